The summed E-state index contributed by atoms with van der Waals surface area (Å²) in [5.41, 5.74) is 1.30. The quantitative estimate of drug-likeness (QED) is 0.802. The number of carbonyl (C=O) groups excluding carboxylic acids is 1. The molecule has 1 atom stereocenters. The van der Waals surface area contributed by atoms with Gasteiger partial charge >= 0.3 is 0 Å². The second kappa shape index (κ2) is 6.03. The lowest BCUT2D eigenvalue weighted by Gasteiger charge is -2.22. The number of rotatable bonds is 4. The molecule has 7 heteroatoms. The summed E-state index contributed by atoms with van der Waals surface area (Å²) in [5, 5.41) is 12.3. The highest BCUT2D eigenvalue weighted by atomic mass is 32.2. The van der Waals surface area contributed by atoms with Crippen molar-refractivity contribution in [3.63, 3.8) is 0 Å². The average Bonchev–Trinajstić information content (AvgIpc) is 2.74. The molecule has 1 unspecified atom stereocenters. The second-order valence-electron chi connectivity index (χ2n) is 5.54. The van der Waals surface area contributed by atoms with E-state index in [4.69, 9.17) is 0 Å². The van der Waals surface area contributed by atoms with Crippen LogP contribution in [0.5, 0.6) is 5.75 Å². The van der Waals surface area contributed by atoms with Crippen LogP contribution in [-0.2, 0) is 14.6 Å². The van der Waals surface area contributed by atoms with Crippen LogP contribution in [0.3, 0.4) is 0 Å². The Hall–Kier alpha value is -1.60. The van der Waals surface area contributed by atoms with Crippen LogP contribution in [0, 0.1) is 6.92 Å². The molecule has 0 spiro atoms. The molecule has 1 amide bonds. The van der Waals surface area contributed by atoms with E-state index in [2.05, 4.69) is 5.32 Å². The molecule has 0 bridgehead atoms. The summed E-state index contributed by atoms with van der Waals surface area (Å²) in [6.45, 7) is 1.96. The van der Waals surface area contributed by atoms with Crippen molar-refractivity contribution in [1.29, 1.82) is 0 Å². The van der Waals surface area contributed by atoms with Crippen LogP contribution < -0.4 is 5.32 Å². The number of nitrogens with zero attached hydrogens (tertiary/aromatic N) is 1. The summed E-state index contributed by atoms with van der Waals surface area (Å²) < 4.78 is 22.9. The highest BCUT2D eigenvalue weighted by molar-refractivity contribution is 7.91. The average molecular weight is 312 g/mol. The molecular formula is C14H20N2O4S. The van der Waals surface area contributed by atoms with Crippen molar-refractivity contribution in [3.8, 4) is 5.75 Å². The van der Waals surface area contributed by atoms with E-state index < -0.39 is 9.84 Å². The lowest BCUT2D eigenvalue weighted by Crippen LogP contribution is -2.38. The van der Waals surface area contributed by atoms with Crippen LogP contribution in [0.15, 0.2) is 18.2 Å². The highest BCUT2D eigenvalue weighted by Crippen LogP contribution is 2.24. The number of sulfone groups is 1. The van der Waals surface area contributed by atoms with Crippen molar-refractivity contribution >= 4 is 21.4 Å². The molecular weight excluding hydrogens is 292 g/mol. The molecule has 1 saturated heterocycles. The highest BCUT2D eigenvalue weighted by Gasteiger charge is 2.31. The van der Waals surface area contributed by atoms with Gasteiger partial charge in [0.1, 0.15) is 5.75 Å². The maximum atomic E-state index is 12.0. The normalized spacial score (nSPS) is 20.6. The van der Waals surface area contributed by atoms with Crippen molar-refractivity contribution in [2.45, 2.75) is 19.4 Å². The van der Waals surface area contributed by atoms with Gasteiger partial charge in [-0.1, -0.05) is 6.07 Å². The van der Waals surface area contributed by atoms with Crippen LogP contribution in [0.1, 0.15) is 12.0 Å². The third-order valence-corrected chi connectivity index (χ3v) is 5.40. The van der Waals surface area contributed by atoms with Crippen molar-refractivity contribution in [3.05, 3.63) is 23.8 Å². The summed E-state index contributed by atoms with van der Waals surface area (Å²) >= 11 is 0. The molecule has 1 aromatic rings. The first-order chi connectivity index (χ1) is 9.77. The Bertz CT molecular complexity index is 642. The van der Waals surface area contributed by atoms with E-state index in [1.165, 1.54) is 6.07 Å². The van der Waals surface area contributed by atoms with Gasteiger partial charge in [-0.05, 0) is 38.1 Å². The fraction of sp³-hybridized carbons (Fsp3) is 0.500. The molecule has 0 aromatic heterocycles. The van der Waals surface area contributed by atoms with E-state index in [1.807, 2.05) is 6.92 Å². The first-order valence-corrected chi connectivity index (χ1v) is 8.59. The molecule has 0 saturated carbocycles. The fourth-order valence-electron chi connectivity index (χ4n) is 2.42. The van der Waals surface area contributed by atoms with E-state index >= 15 is 0 Å². The van der Waals surface area contributed by atoms with E-state index in [-0.39, 0.29) is 35.7 Å². The van der Waals surface area contributed by atoms with Gasteiger partial charge < -0.3 is 10.4 Å². The van der Waals surface area contributed by atoms with Gasteiger partial charge in [0.25, 0.3) is 0 Å². The summed E-state index contributed by atoms with van der Waals surface area (Å²) in [7, 11) is -1.22. The largest absolute Gasteiger partial charge is 0.506 e. The van der Waals surface area contributed by atoms with E-state index in [0.717, 1.165) is 5.56 Å². The number of carbonyl (C=O) groups is 1. The molecule has 2 rings (SSSR count). The lowest BCUT2D eigenvalue weighted by atomic mass is 10.2. The van der Waals surface area contributed by atoms with Crippen LogP contribution >= 0.6 is 0 Å². The first kappa shape index (κ1) is 15.8. The molecule has 21 heavy (non-hydrogen) atoms. The van der Waals surface area contributed by atoms with Crippen molar-refractivity contribution in [1.82, 2.24) is 4.90 Å². The van der Waals surface area contributed by atoms with Gasteiger partial charge in [0, 0.05) is 6.04 Å². The first-order valence-electron chi connectivity index (χ1n) is 6.77. The molecule has 1 aliphatic rings. The summed E-state index contributed by atoms with van der Waals surface area (Å²) in [5.74, 6) is 0.0251. The van der Waals surface area contributed by atoms with Crippen LogP contribution in [0.4, 0.5) is 5.69 Å². The molecule has 0 radical (unpaired) electrons. The maximum Gasteiger partial charge on any atom is 0.238 e. The van der Waals surface area contributed by atoms with E-state index in [1.54, 1.807) is 24.1 Å². The van der Waals surface area contributed by atoms with Crippen LogP contribution in [-0.4, -0.2) is 55.5 Å². The molecule has 1 aliphatic heterocycles. The van der Waals surface area contributed by atoms with Gasteiger partial charge in [-0.15, -0.1) is 0 Å². The number of amides is 1. The number of hydrogen-bond donors (Lipinski definition) is 2. The number of nitrogens with one attached hydrogen (secondary N) is 1. The lowest BCUT2D eigenvalue weighted by molar-refractivity contribution is -0.117. The summed E-state index contributed by atoms with van der Waals surface area (Å²) in [6, 6.07) is 4.85. The Morgan fingerprint density at radius 2 is 2.19 bits per heavy atom. The fourth-order valence-corrected chi connectivity index (χ4v) is 4.22. The molecule has 6 nitrogen and oxygen atoms in total. The zero-order valence-corrected chi connectivity index (χ0v) is 13.0. The van der Waals surface area contributed by atoms with Crippen LogP contribution in [0.2, 0.25) is 0 Å². The predicted octanol–water partition coefficient (Wildman–Crippen LogP) is 0.758. The Morgan fingerprint density at radius 3 is 2.81 bits per heavy atom. The van der Waals surface area contributed by atoms with E-state index in [0.29, 0.717) is 12.1 Å². The zero-order chi connectivity index (χ0) is 15.6. The van der Waals surface area contributed by atoms with Crippen molar-refractivity contribution in [2.75, 3.05) is 30.4 Å². The second-order valence-corrected chi connectivity index (χ2v) is 7.77. The Balaban J connectivity index is 1.94. The van der Waals surface area contributed by atoms with Gasteiger partial charge in [0.15, 0.2) is 9.84 Å². The maximum absolute atomic E-state index is 12.0. The zero-order valence-electron chi connectivity index (χ0n) is 12.2. The molecule has 2 N–H and O–H groups in total. The monoisotopic (exact) mass is 312 g/mol. The van der Waals surface area contributed by atoms with Crippen molar-refractivity contribution < 1.29 is 18.3 Å². The number of aromatic hydroxyl groups is 1. The number of phenolic OH excluding ortho intramolecular Hbond substituents is 1. The third-order valence-electron chi connectivity index (χ3n) is 3.65. The molecule has 1 aromatic carbocycles. The minimum Gasteiger partial charge on any atom is -0.506 e. The minimum absolute atomic E-state index is 0.0139. The Kier molecular flexibility index (Phi) is 4.53. The summed E-state index contributed by atoms with van der Waals surface area (Å²) in [6.07, 6.45) is 0.557. The van der Waals surface area contributed by atoms with Gasteiger partial charge in [-0.25, -0.2) is 8.42 Å². The molecule has 1 fully saturated rings. The number of hydrogen-bond acceptors (Lipinski definition) is 5. The standard InChI is InChI=1S/C14H20N2O4S/c1-10-3-4-13(17)12(7-10)15-14(18)8-16(2)11-5-6-21(19,20)9-11/h3-4,7,11,17H,5-6,8-9H2,1-2H3,(H,15,18). The molecule has 116 valence electrons. The van der Waals surface area contributed by atoms with Gasteiger partial charge in [0.05, 0.1) is 23.7 Å². The molecule has 1 heterocycles. The predicted molar refractivity (Wildman–Crippen MR) is 81.2 cm³/mol. The minimum atomic E-state index is -2.96. The number of benzene rings is 1. The Morgan fingerprint density at radius 1 is 1.48 bits per heavy atom. The van der Waals surface area contributed by atoms with Gasteiger partial charge in [-0.3, -0.25) is 9.69 Å². The van der Waals surface area contributed by atoms with E-state index in [9.17, 15) is 18.3 Å². The Labute approximate surface area is 124 Å². The smallest absolute Gasteiger partial charge is 0.238 e. The number of aryl methyl sites for hydroxylation is 1. The topological polar surface area (TPSA) is 86.7 Å². The molecule has 0 aliphatic carbocycles. The number of anilines is 1. The SMILES string of the molecule is Cc1ccc(O)c(NC(=O)CN(C)C2CCS(=O)(=O)C2)c1. The number of phenols is 1. The van der Waals surface area contributed by atoms with Crippen molar-refractivity contribution in [2.24, 2.45) is 0 Å². The van der Waals surface area contributed by atoms with Gasteiger partial charge in [0.2, 0.25) is 5.91 Å². The summed E-state index contributed by atoms with van der Waals surface area (Å²) in [4.78, 5) is 13.7. The number of likely N-dealkylation sites (N-methyl/N-ethyl adjacent to an activating group) is 1. The third kappa shape index (κ3) is 4.18. The van der Waals surface area contributed by atoms with Gasteiger partial charge in [-0.2, -0.15) is 0 Å². The van der Waals surface area contributed by atoms with Crippen LogP contribution in [0.25, 0.3) is 0 Å².